The summed E-state index contributed by atoms with van der Waals surface area (Å²) in [7, 11) is 0. The van der Waals surface area contributed by atoms with Crippen LogP contribution in [0.3, 0.4) is 0 Å². The average Bonchev–Trinajstić information content (AvgIpc) is 3.53. The molecule has 0 bridgehead atoms. The number of fused-ring (bicyclic) bond motifs is 3. The number of nitrogens with zero attached hydrogens (tertiary/aromatic N) is 2. The third-order valence-corrected chi connectivity index (χ3v) is 9.42. The highest BCUT2D eigenvalue weighted by Gasteiger charge is 2.19. The lowest BCUT2D eigenvalue weighted by Crippen LogP contribution is -1.98. The summed E-state index contributed by atoms with van der Waals surface area (Å²) in [5, 5.41) is 4.97. The second-order valence-electron chi connectivity index (χ2n) is 12.5. The van der Waals surface area contributed by atoms with Gasteiger partial charge < -0.3 is 0 Å². The Labute approximate surface area is 280 Å². The van der Waals surface area contributed by atoms with Crippen LogP contribution in [0.5, 0.6) is 0 Å². The fourth-order valence-corrected chi connectivity index (χ4v) is 7.27. The van der Waals surface area contributed by atoms with Crippen LogP contribution in [0.1, 0.15) is 5.56 Å². The molecule has 48 heavy (non-hydrogen) atoms. The van der Waals surface area contributed by atoms with E-state index in [0.717, 1.165) is 28.1 Å². The van der Waals surface area contributed by atoms with Crippen molar-refractivity contribution in [2.24, 2.45) is 0 Å². The largest absolute Gasteiger partial charge is 0.292 e. The molecule has 1 heterocycles. The van der Waals surface area contributed by atoms with Crippen LogP contribution in [0.2, 0.25) is 0 Å². The summed E-state index contributed by atoms with van der Waals surface area (Å²) in [5.41, 5.74) is 12.8. The van der Waals surface area contributed by atoms with E-state index in [1.807, 2.05) is 0 Å². The zero-order chi connectivity index (χ0) is 32.0. The van der Waals surface area contributed by atoms with Gasteiger partial charge in [-0.2, -0.15) is 0 Å². The number of imidazole rings is 1. The lowest BCUT2D eigenvalue weighted by molar-refractivity contribution is 1.10. The zero-order valence-corrected chi connectivity index (χ0v) is 26.6. The minimum atomic E-state index is 0.941. The number of aromatic nitrogens is 2. The van der Waals surface area contributed by atoms with Gasteiger partial charge >= 0.3 is 0 Å². The van der Waals surface area contributed by atoms with Crippen LogP contribution in [0.4, 0.5) is 0 Å². The smallest absolute Gasteiger partial charge is 0.145 e. The van der Waals surface area contributed by atoms with E-state index in [2.05, 4.69) is 187 Å². The van der Waals surface area contributed by atoms with Crippen molar-refractivity contribution in [2.45, 2.75) is 6.92 Å². The molecule has 226 valence electrons. The van der Waals surface area contributed by atoms with Gasteiger partial charge in [0, 0.05) is 11.3 Å². The van der Waals surface area contributed by atoms with Gasteiger partial charge in [-0.05, 0) is 97.7 Å². The molecule has 8 aromatic carbocycles. The van der Waals surface area contributed by atoms with Gasteiger partial charge in [0.25, 0.3) is 0 Å². The van der Waals surface area contributed by atoms with Crippen LogP contribution < -0.4 is 0 Å². The molecule has 0 aliphatic heterocycles. The van der Waals surface area contributed by atoms with Crippen LogP contribution in [0.15, 0.2) is 176 Å². The fraction of sp³-hybridized carbons (Fsp3) is 0.0217. The molecule has 2 heteroatoms. The molecule has 0 amide bonds. The highest BCUT2D eigenvalue weighted by atomic mass is 15.1. The van der Waals surface area contributed by atoms with Crippen molar-refractivity contribution >= 4 is 32.6 Å². The third kappa shape index (κ3) is 4.70. The van der Waals surface area contributed by atoms with E-state index < -0.39 is 0 Å². The minimum Gasteiger partial charge on any atom is -0.292 e. The van der Waals surface area contributed by atoms with Gasteiger partial charge in [-0.25, -0.2) is 4.98 Å². The molecule has 0 N–H and O–H groups in total. The van der Waals surface area contributed by atoms with Crippen LogP contribution in [0, 0.1) is 6.92 Å². The number of hydrogen-bond acceptors (Lipinski definition) is 1. The molecular weight excluding hydrogens is 581 g/mol. The van der Waals surface area contributed by atoms with Crippen molar-refractivity contribution in [1.29, 1.82) is 0 Å². The van der Waals surface area contributed by atoms with Crippen molar-refractivity contribution in [3.63, 3.8) is 0 Å². The summed E-state index contributed by atoms with van der Waals surface area (Å²) in [4.78, 5) is 5.16. The van der Waals surface area contributed by atoms with Gasteiger partial charge in [-0.15, -0.1) is 0 Å². The molecule has 2 nitrogen and oxygen atoms in total. The van der Waals surface area contributed by atoms with Crippen LogP contribution in [-0.4, -0.2) is 9.55 Å². The standard InChI is InChI=1S/C46H32N2/c1-31-26-27-43-42(28-31)47-46(33-16-6-3-7-17-33)48(43)37-21-13-20-36(30-37)45-40-24-10-8-22-38(40)44(39-23-9-11-25-41(39)45)35-19-12-18-34(29-35)32-14-4-2-5-15-32/h2-30H,1H3. The Bertz CT molecular complexity index is 2560. The first-order chi connectivity index (χ1) is 23.7. The Morgan fingerprint density at radius 1 is 0.396 bits per heavy atom. The van der Waals surface area contributed by atoms with Gasteiger partial charge in [-0.1, -0.05) is 146 Å². The van der Waals surface area contributed by atoms with E-state index in [1.165, 1.54) is 60.5 Å². The van der Waals surface area contributed by atoms with Gasteiger partial charge in [0.2, 0.25) is 0 Å². The van der Waals surface area contributed by atoms with Crippen molar-refractivity contribution < 1.29 is 0 Å². The Balaban J connectivity index is 1.29. The average molecular weight is 613 g/mol. The first-order valence-corrected chi connectivity index (χ1v) is 16.5. The summed E-state index contributed by atoms with van der Waals surface area (Å²) in [6.07, 6.45) is 0. The fourth-order valence-electron chi connectivity index (χ4n) is 7.27. The predicted octanol–water partition coefficient (Wildman–Crippen LogP) is 12.3. The molecule has 0 unspecified atom stereocenters. The first kappa shape index (κ1) is 28.0. The summed E-state index contributed by atoms with van der Waals surface area (Å²) < 4.78 is 2.31. The molecule has 9 aromatic rings. The highest BCUT2D eigenvalue weighted by Crippen LogP contribution is 2.44. The summed E-state index contributed by atoms with van der Waals surface area (Å²) in [6.45, 7) is 2.12. The van der Waals surface area contributed by atoms with E-state index >= 15 is 0 Å². The number of rotatable bonds is 5. The Morgan fingerprint density at radius 2 is 0.896 bits per heavy atom. The van der Waals surface area contributed by atoms with Crippen molar-refractivity contribution in [3.05, 3.63) is 181 Å². The van der Waals surface area contributed by atoms with Gasteiger partial charge in [-0.3, -0.25) is 4.57 Å². The maximum atomic E-state index is 5.16. The SMILES string of the molecule is Cc1ccc2c(c1)nc(-c1ccccc1)n2-c1cccc(-c2c3ccccc3c(-c3cccc(-c4ccccc4)c3)c3ccccc23)c1. The lowest BCUT2D eigenvalue weighted by atomic mass is 9.85. The van der Waals surface area contributed by atoms with E-state index in [1.54, 1.807) is 0 Å². The molecule has 0 radical (unpaired) electrons. The molecule has 0 saturated carbocycles. The molecule has 9 rings (SSSR count). The molecule has 0 fully saturated rings. The summed E-state index contributed by atoms with van der Waals surface area (Å²) in [5.74, 6) is 0.941. The van der Waals surface area contributed by atoms with Crippen molar-refractivity contribution in [2.75, 3.05) is 0 Å². The van der Waals surface area contributed by atoms with E-state index in [9.17, 15) is 0 Å². The Hall–Kier alpha value is -6.25. The van der Waals surface area contributed by atoms with E-state index in [4.69, 9.17) is 4.98 Å². The molecule has 0 saturated heterocycles. The maximum absolute atomic E-state index is 5.16. The van der Waals surface area contributed by atoms with Crippen molar-refractivity contribution in [3.8, 4) is 50.5 Å². The number of hydrogen-bond donors (Lipinski definition) is 0. The minimum absolute atomic E-state index is 0.941. The normalized spacial score (nSPS) is 11.4. The number of benzene rings is 8. The Morgan fingerprint density at radius 3 is 1.52 bits per heavy atom. The third-order valence-electron chi connectivity index (χ3n) is 9.42. The van der Waals surface area contributed by atoms with Crippen LogP contribution >= 0.6 is 0 Å². The molecule has 0 aliphatic rings. The number of aryl methyl sites for hydroxylation is 1. The summed E-state index contributed by atoms with van der Waals surface area (Å²) in [6, 6.07) is 63.3. The van der Waals surface area contributed by atoms with Crippen LogP contribution in [0.25, 0.3) is 83.0 Å². The van der Waals surface area contributed by atoms with Gasteiger partial charge in [0.15, 0.2) is 0 Å². The van der Waals surface area contributed by atoms with Crippen LogP contribution in [-0.2, 0) is 0 Å². The Kier molecular flexibility index (Phi) is 6.72. The second-order valence-corrected chi connectivity index (χ2v) is 12.5. The summed E-state index contributed by atoms with van der Waals surface area (Å²) >= 11 is 0. The maximum Gasteiger partial charge on any atom is 0.145 e. The molecule has 0 atom stereocenters. The molecule has 0 spiro atoms. The van der Waals surface area contributed by atoms with E-state index in [-0.39, 0.29) is 0 Å². The van der Waals surface area contributed by atoms with Crippen molar-refractivity contribution in [1.82, 2.24) is 9.55 Å². The molecule has 0 aliphatic carbocycles. The topological polar surface area (TPSA) is 17.8 Å². The van der Waals surface area contributed by atoms with E-state index in [0.29, 0.717) is 0 Å². The lowest BCUT2D eigenvalue weighted by Gasteiger charge is -2.19. The van der Waals surface area contributed by atoms with Gasteiger partial charge in [0.05, 0.1) is 11.0 Å². The highest BCUT2D eigenvalue weighted by molar-refractivity contribution is 6.21. The zero-order valence-electron chi connectivity index (χ0n) is 26.6. The molecule has 1 aromatic heterocycles. The predicted molar refractivity (Wildman–Crippen MR) is 203 cm³/mol. The monoisotopic (exact) mass is 612 g/mol. The second kappa shape index (κ2) is 11.5. The molecular formula is C46H32N2. The quantitative estimate of drug-likeness (QED) is 0.177. The van der Waals surface area contributed by atoms with Gasteiger partial charge in [0.1, 0.15) is 5.82 Å². The first-order valence-electron chi connectivity index (χ1n) is 16.5.